The predicted molar refractivity (Wildman–Crippen MR) is 85.8 cm³/mol. The number of aromatic nitrogens is 1. The molecule has 1 amide bonds. The molecule has 1 aromatic carbocycles. The molecule has 25 heavy (non-hydrogen) atoms. The highest BCUT2D eigenvalue weighted by molar-refractivity contribution is 6.06. The maximum atomic E-state index is 13.0. The van der Waals surface area contributed by atoms with Crippen molar-refractivity contribution >= 4 is 11.6 Å². The third-order valence-electron chi connectivity index (χ3n) is 3.51. The summed E-state index contributed by atoms with van der Waals surface area (Å²) in [6, 6.07) is 2.98. The Hall–Kier alpha value is -2.51. The molecule has 136 valence electrons. The van der Waals surface area contributed by atoms with Gasteiger partial charge in [-0.25, -0.2) is 0 Å². The molecule has 1 heterocycles. The summed E-state index contributed by atoms with van der Waals surface area (Å²) in [5.74, 6) is -0.107. The topological polar surface area (TPSA) is 64.4 Å². The molecule has 0 spiro atoms. The summed E-state index contributed by atoms with van der Waals surface area (Å²) >= 11 is 0. The van der Waals surface area contributed by atoms with Crippen molar-refractivity contribution in [3.05, 3.63) is 40.8 Å². The van der Waals surface area contributed by atoms with Gasteiger partial charge in [0.05, 0.1) is 23.6 Å². The van der Waals surface area contributed by atoms with Crippen molar-refractivity contribution in [3.63, 3.8) is 0 Å². The Balaban J connectivity index is 2.38. The molecule has 2 aromatic rings. The van der Waals surface area contributed by atoms with E-state index in [-0.39, 0.29) is 17.0 Å². The minimum Gasteiger partial charge on any atom is -0.491 e. The van der Waals surface area contributed by atoms with Crippen LogP contribution in [0.5, 0.6) is 5.75 Å². The third kappa shape index (κ3) is 4.32. The van der Waals surface area contributed by atoms with Crippen molar-refractivity contribution in [2.45, 2.75) is 39.8 Å². The van der Waals surface area contributed by atoms with E-state index < -0.39 is 17.6 Å². The van der Waals surface area contributed by atoms with Gasteiger partial charge >= 0.3 is 6.18 Å². The first-order chi connectivity index (χ1) is 11.8. The van der Waals surface area contributed by atoms with E-state index in [1.807, 2.05) is 6.92 Å². The van der Waals surface area contributed by atoms with Gasteiger partial charge in [-0.05, 0) is 38.0 Å². The molecule has 0 aliphatic heterocycles. The lowest BCUT2D eigenvalue weighted by Crippen LogP contribution is -2.16. The number of hydrogen-bond acceptors (Lipinski definition) is 4. The van der Waals surface area contributed by atoms with Crippen molar-refractivity contribution in [1.29, 1.82) is 0 Å². The lowest BCUT2D eigenvalue weighted by Gasteiger charge is -2.15. The van der Waals surface area contributed by atoms with Gasteiger partial charge in [-0.3, -0.25) is 4.79 Å². The maximum Gasteiger partial charge on any atom is 0.416 e. The summed E-state index contributed by atoms with van der Waals surface area (Å²) in [7, 11) is 0. The maximum absolute atomic E-state index is 13.0. The molecule has 0 atom stereocenters. The number of alkyl halides is 3. The fourth-order valence-electron chi connectivity index (χ4n) is 2.28. The number of rotatable bonds is 6. The van der Waals surface area contributed by atoms with Crippen LogP contribution in [0, 0.1) is 6.92 Å². The number of aryl methyl sites for hydroxylation is 2. The summed E-state index contributed by atoms with van der Waals surface area (Å²) in [6.07, 6.45) is -3.38. The van der Waals surface area contributed by atoms with Gasteiger partial charge in [-0.15, -0.1) is 0 Å². The van der Waals surface area contributed by atoms with Crippen LogP contribution in [0.1, 0.15) is 47.6 Å². The predicted octanol–water partition coefficient (Wildman–Crippen LogP) is 4.61. The summed E-state index contributed by atoms with van der Waals surface area (Å²) in [5, 5.41) is 6.26. The van der Waals surface area contributed by atoms with Crippen molar-refractivity contribution < 1.29 is 27.2 Å². The normalized spacial score (nSPS) is 11.4. The number of ether oxygens (including phenoxy) is 1. The number of nitrogens with one attached hydrogen (secondary N) is 1. The lowest BCUT2D eigenvalue weighted by atomic mass is 10.1. The van der Waals surface area contributed by atoms with E-state index in [0.717, 1.165) is 12.1 Å². The van der Waals surface area contributed by atoms with Crippen LogP contribution in [0.3, 0.4) is 0 Å². The van der Waals surface area contributed by atoms with E-state index in [1.165, 1.54) is 6.07 Å². The number of anilines is 1. The number of hydrogen-bond donors (Lipinski definition) is 1. The molecule has 8 heteroatoms. The fourth-order valence-corrected chi connectivity index (χ4v) is 2.28. The largest absolute Gasteiger partial charge is 0.491 e. The first-order valence-corrected chi connectivity index (χ1v) is 7.88. The van der Waals surface area contributed by atoms with Gasteiger partial charge in [0.25, 0.3) is 5.91 Å². The first kappa shape index (κ1) is 18.8. The zero-order valence-corrected chi connectivity index (χ0v) is 14.2. The van der Waals surface area contributed by atoms with Crippen LogP contribution in [0.4, 0.5) is 18.9 Å². The molecule has 5 nitrogen and oxygen atoms in total. The minimum atomic E-state index is -4.52. The van der Waals surface area contributed by atoms with E-state index in [1.54, 1.807) is 13.8 Å². The monoisotopic (exact) mass is 356 g/mol. The third-order valence-corrected chi connectivity index (χ3v) is 3.51. The zero-order valence-electron chi connectivity index (χ0n) is 14.2. The Labute approximate surface area is 143 Å². The van der Waals surface area contributed by atoms with Gasteiger partial charge in [-0.2, -0.15) is 13.2 Å². The SMILES string of the molecule is CCCOc1ccc(C(F)(F)F)cc1NC(=O)c1c(CC)noc1C. The quantitative estimate of drug-likeness (QED) is 0.821. The highest BCUT2D eigenvalue weighted by Gasteiger charge is 2.31. The number of nitrogens with zero attached hydrogens (tertiary/aromatic N) is 1. The van der Waals surface area contributed by atoms with Gasteiger partial charge in [0.15, 0.2) is 0 Å². The van der Waals surface area contributed by atoms with Crippen LogP contribution in [0.2, 0.25) is 0 Å². The molecule has 2 rings (SSSR count). The molecule has 1 aromatic heterocycles. The van der Waals surface area contributed by atoms with Gasteiger partial charge < -0.3 is 14.6 Å². The second-order valence-corrected chi connectivity index (χ2v) is 5.43. The van der Waals surface area contributed by atoms with Crippen LogP contribution in [-0.2, 0) is 12.6 Å². The molecule has 1 N–H and O–H groups in total. The molecule has 0 fully saturated rings. The number of amides is 1. The van der Waals surface area contributed by atoms with Gasteiger partial charge in [0, 0.05) is 0 Å². The van der Waals surface area contributed by atoms with Crippen LogP contribution in [-0.4, -0.2) is 17.7 Å². The Kier molecular flexibility index (Phi) is 5.71. The van der Waals surface area contributed by atoms with E-state index in [9.17, 15) is 18.0 Å². The molecular formula is C17H19F3N2O3. The number of benzene rings is 1. The molecule has 0 radical (unpaired) electrons. The van der Waals surface area contributed by atoms with Crippen molar-refractivity contribution in [2.75, 3.05) is 11.9 Å². The molecule has 0 unspecified atom stereocenters. The molecule has 0 saturated carbocycles. The van der Waals surface area contributed by atoms with Crippen molar-refractivity contribution in [1.82, 2.24) is 5.16 Å². The van der Waals surface area contributed by atoms with E-state index >= 15 is 0 Å². The molecular weight excluding hydrogens is 337 g/mol. The molecule has 0 bridgehead atoms. The van der Waals surface area contributed by atoms with Crippen molar-refractivity contribution in [3.8, 4) is 5.75 Å². The second-order valence-electron chi connectivity index (χ2n) is 5.43. The summed E-state index contributed by atoms with van der Waals surface area (Å²) < 4.78 is 49.3. The first-order valence-electron chi connectivity index (χ1n) is 7.88. The highest BCUT2D eigenvalue weighted by Crippen LogP contribution is 2.35. The van der Waals surface area contributed by atoms with E-state index in [0.29, 0.717) is 30.9 Å². The Morgan fingerprint density at radius 1 is 1.32 bits per heavy atom. The van der Waals surface area contributed by atoms with E-state index in [2.05, 4.69) is 10.5 Å². The molecule has 0 aliphatic rings. The number of halogens is 3. The van der Waals surface area contributed by atoms with Gasteiger partial charge in [0.1, 0.15) is 17.1 Å². The minimum absolute atomic E-state index is 0.0454. The average Bonchev–Trinajstić information content (AvgIpc) is 2.93. The fraction of sp³-hybridized carbons (Fsp3) is 0.412. The van der Waals surface area contributed by atoms with Crippen molar-refractivity contribution in [2.24, 2.45) is 0 Å². The van der Waals surface area contributed by atoms with Crippen LogP contribution in [0.15, 0.2) is 22.7 Å². The summed E-state index contributed by atoms with van der Waals surface area (Å²) in [4.78, 5) is 12.5. The molecule has 0 aliphatic carbocycles. The zero-order chi connectivity index (χ0) is 18.6. The Morgan fingerprint density at radius 3 is 2.64 bits per heavy atom. The Morgan fingerprint density at radius 2 is 2.04 bits per heavy atom. The molecule has 0 saturated heterocycles. The van der Waals surface area contributed by atoms with Crippen LogP contribution >= 0.6 is 0 Å². The second kappa shape index (κ2) is 7.58. The lowest BCUT2D eigenvalue weighted by molar-refractivity contribution is -0.137. The standard InChI is InChI=1S/C17H19F3N2O3/c1-4-8-24-14-7-6-11(17(18,19)20)9-13(14)21-16(23)15-10(3)25-22-12(15)5-2/h6-7,9H,4-5,8H2,1-3H3,(H,21,23). The average molecular weight is 356 g/mol. The van der Waals surface area contributed by atoms with E-state index in [4.69, 9.17) is 9.26 Å². The number of carbonyl (C=O) groups excluding carboxylic acids is 1. The smallest absolute Gasteiger partial charge is 0.416 e. The Bertz CT molecular complexity index is 754. The highest BCUT2D eigenvalue weighted by atomic mass is 19.4. The summed E-state index contributed by atoms with van der Waals surface area (Å²) in [6.45, 7) is 5.56. The van der Waals surface area contributed by atoms with Gasteiger partial charge in [0.2, 0.25) is 0 Å². The number of carbonyl (C=O) groups is 1. The summed E-state index contributed by atoms with van der Waals surface area (Å²) in [5.41, 5.74) is -0.250. The van der Waals surface area contributed by atoms with Gasteiger partial charge in [-0.1, -0.05) is 19.0 Å². The van der Waals surface area contributed by atoms with Crippen LogP contribution < -0.4 is 10.1 Å². The van der Waals surface area contributed by atoms with Crippen LogP contribution in [0.25, 0.3) is 0 Å².